The van der Waals surface area contributed by atoms with E-state index in [1.54, 1.807) is 24.3 Å². The van der Waals surface area contributed by atoms with Crippen LogP contribution in [0.3, 0.4) is 0 Å². The highest BCUT2D eigenvalue weighted by molar-refractivity contribution is 5.90. The van der Waals surface area contributed by atoms with Gasteiger partial charge in [-0.15, -0.1) is 10.2 Å². The molecular weight excluding hydrogens is 455 g/mol. The van der Waals surface area contributed by atoms with E-state index in [9.17, 15) is 4.79 Å². The van der Waals surface area contributed by atoms with Crippen molar-refractivity contribution in [2.75, 3.05) is 54.0 Å². The number of benzene rings is 1. The van der Waals surface area contributed by atoms with Gasteiger partial charge in [0.1, 0.15) is 18.5 Å². The van der Waals surface area contributed by atoms with Gasteiger partial charge in [0, 0.05) is 38.6 Å². The molecule has 0 aliphatic carbocycles. The molecule has 2 aliphatic heterocycles. The lowest BCUT2D eigenvalue weighted by Crippen LogP contribution is -2.47. The molecule has 3 aromatic rings. The summed E-state index contributed by atoms with van der Waals surface area (Å²) in [6, 6.07) is 10.1. The van der Waals surface area contributed by atoms with E-state index in [1.807, 2.05) is 15.9 Å². The quantitative estimate of drug-likeness (QED) is 0.522. The minimum atomic E-state index is -0.554. The number of cyclic esters (lactones) is 1. The van der Waals surface area contributed by atoms with Gasteiger partial charge in [-0.3, -0.25) is 9.88 Å². The van der Waals surface area contributed by atoms with Crippen LogP contribution in [0.4, 0.5) is 26.4 Å². The normalized spacial score (nSPS) is 17.8. The van der Waals surface area contributed by atoms with Crippen LogP contribution in [0.25, 0.3) is 0 Å². The van der Waals surface area contributed by atoms with Crippen LogP contribution < -0.4 is 19.4 Å². The van der Waals surface area contributed by atoms with Crippen molar-refractivity contribution in [3.63, 3.8) is 0 Å². The van der Waals surface area contributed by atoms with E-state index >= 15 is 4.39 Å². The van der Waals surface area contributed by atoms with Crippen LogP contribution in [0, 0.1) is 17.1 Å². The number of aromatic nitrogens is 4. The lowest BCUT2D eigenvalue weighted by atomic mass is 10.2. The summed E-state index contributed by atoms with van der Waals surface area (Å²) >= 11 is 0. The fourth-order valence-electron chi connectivity index (χ4n) is 4.01. The van der Waals surface area contributed by atoms with Gasteiger partial charge in [-0.1, -0.05) is 0 Å². The molecule has 1 atom stereocenters. The highest BCUT2D eigenvalue weighted by Gasteiger charge is 2.33. The molecule has 2 aromatic heterocycles. The lowest BCUT2D eigenvalue weighted by Gasteiger charge is -2.36. The third-order valence-corrected chi connectivity index (χ3v) is 5.78. The maximum Gasteiger partial charge on any atom is 0.414 e. The number of piperazine rings is 1. The predicted octanol–water partition coefficient (Wildman–Crippen LogP) is 2.01. The highest BCUT2D eigenvalue weighted by Crippen LogP contribution is 2.29. The first-order valence-electron chi connectivity index (χ1n) is 11.0. The largest absolute Gasteiger partial charge is 0.473 e. The number of nitriles is 1. The van der Waals surface area contributed by atoms with Crippen LogP contribution in [0.2, 0.25) is 0 Å². The lowest BCUT2D eigenvalue weighted by molar-refractivity contribution is 0.103. The van der Waals surface area contributed by atoms with Crippen LogP contribution in [-0.4, -0.2) is 71.7 Å². The van der Waals surface area contributed by atoms with Gasteiger partial charge in [-0.25, -0.2) is 14.2 Å². The summed E-state index contributed by atoms with van der Waals surface area (Å²) in [5, 5.41) is 16.8. The van der Waals surface area contributed by atoms with Crippen molar-refractivity contribution in [2.45, 2.75) is 6.10 Å². The highest BCUT2D eigenvalue weighted by atomic mass is 19.1. The number of carbonyl (C=O) groups excluding carboxylic acids is 1. The number of carbonyl (C=O) groups is 1. The predicted molar refractivity (Wildman–Crippen MR) is 123 cm³/mol. The molecule has 12 heteroatoms. The average molecular weight is 476 g/mol. The Bertz CT molecular complexity index is 1230. The third kappa shape index (κ3) is 4.89. The summed E-state index contributed by atoms with van der Waals surface area (Å²) in [5.41, 5.74) is 1.15. The molecule has 35 heavy (non-hydrogen) atoms. The first-order chi connectivity index (χ1) is 17.1. The Morgan fingerprint density at radius 3 is 2.63 bits per heavy atom. The van der Waals surface area contributed by atoms with Crippen LogP contribution >= 0.6 is 0 Å². The maximum atomic E-state index is 15.1. The number of rotatable bonds is 6. The number of nitrogens with zero attached hydrogens (tertiary/aromatic N) is 8. The van der Waals surface area contributed by atoms with Crippen molar-refractivity contribution in [2.24, 2.45) is 0 Å². The molecule has 0 spiro atoms. The van der Waals surface area contributed by atoms with Crippen molar-refractivity contribution in [1.82, 2.24) is 20.2 Å². The Kier molecular flexibility index (Phi) is 6.21. The Morgan fingerprint density at radius 1 is 1.11 bits per heavy atom. The summed E-state index contributed by atoms with van der Waals surface area (Å²) in [6.45, 7) is 2.80. The minimum Gasteiger partial charge on any atom is -0.473 e. The van der Waals surface area contributed by atoms with Crippen LogP contribution in [-0.2, 0) is 4.74 Å². The van der Waals surface area contributed by atoms with Crippen molar-refractivity contribution in [3.8, 4) is 11.9 Å². The van der Waals surface area contributed by atoms with Gasteiger partial charge in [0.15, 0.2) is 17.6 Å². The zero-order chi connectivity index (χ0) is 24.2. The number of halogens is 1. The Hall–Kier alpha value is -4.53. The van der Waals surface area contributed by atoms with E-state index in [-0.39, 0.29) is 18.8 Å². The monoisotopic (exact) mass is 476 g/mol. The molecule has 0 N–H and O–H groups in total. The second kappa shape index (κ2) is 9.76. The molecule has 5 rings (SSSR count). The summed E-state index contributed by atoms with van der Waals surface area (Å²) in [7, 11) is 0. The van der Waals surface area contributed by atoms with Crippen molar-refractivity contribution in [1.29, 1.82) is 5.26 Å². The molecule has 0 unspecified atom stereocenters. The fourth-order valence-corrected chi connectivity index (χ4v) is 4.01. The topological polar surface area (TPSA) is 121 Å². The third-order valence-electron chi connectivity index (χ3n) is 5.78. The molecule has 178 valence electrons. The van der Waals surface area contributed by atoms with Crippen molar-refractivity contribution >= 4 is 23.3 Å². The van der Waals surface area contributed by atoms with E-state index in [0.29, 0.717) is 49.3 Å². The van der Waals surface area contributed by atoms with Gasteiger partial charge in [0.2, 0.25) is 5.88 Å². The summed E-state index contributed by atoms with van der Waals surface area (Å²) < 4.78 is 25.9. The molecule has 0 saturated carbocycles. The van der Waals surface area contributed by atoms with Crippen molar-refractivity contribution in [3.05, 3.63) is 60.4 Å². The molecule has 2 fully saturated rings. The molecule has 4 heterocycles. The fraction of sp³-hybridized carbons (Fsp3) is 0.304. The smallest absolute Gasteiger partial charge is 0.414 e. The van der Waals surface area contributed by atoms with Gasteiger partial charge < -0.3 is 19.3 Å². The number of hydrogen-bond donors (Lipinski definition) is 0. The van der Waals surface area contributed by atoms with E-state index in [0.717, 1.165) is 0 Å². The molecule has 1 amide bonds. The van der Waals surface area contributed by atoms with E-state index < -0.39 is 18.0 Å². The molecule has 0 bridgehead atoms. The molecule has 11 nitrogen and oxygen atoms in total. The van der Waals surface area contributed by atoms with E-state index in [4.69, 9.17) is 14.7 Å². The van der Waals surface area contributed by atoms with Gasteiger partial charge in [0.25, 0.3) is 0 Å². The standard InChI is InChI=1S/C23H21FN8O3/c24-19-11-17(32-14-18(35-23(32)33)15-34-22-13-26-5-6-27-22)2-3-20(19)30-7-9-31(10-8-30)21-4-1-16(12-25)28-29-21/h1-6,11,13,18H,7-10,14-15H2/t18-/m1/s1. The van der Waals surface area contributed by atoms with Gasteiger partial charge in [-0.05, 0) is 30.3 Å². The Labute approximate surface area is 200 Å². The first kappa shape index (κ1) is 22.3. The van der Waals surface area contributed by atoms with Gasteiger partial charge >= 0.3 is 6.09 Å². The molecule has 2 aliphatic rings. The average Bonchev–Trinajstić information content (AvgIpc) is 3.28. The zero-order valence-corrected chi connectivity index (χ0v) is 18.6. The number of anilines is 3. The molecule has 0 radical (unpaired) electrons. The van der Waals surface area contributed by atoms with Crippen molar-refractivity contribution < 1.29 is 18.7 Å². The summed E-state index contributed by atoms with van der Waals surface area (Å²) in [6.07, 6.45) is 3.45. The Balaban J connectivity index is 1.19. The summed E-state index contributed by atoms with van der Waals surface area (Å²) in [5.74, 6) is 0.606. The Morgan fingerprint density at radius 2 is 1.94 bits per heavy atom. The van der Waals surface area contributed by atoms with Gasteiger partial charge in [-0.2, -0.15) is 5.26 Å². The number of hydrogen-bond acceptors (Lipinski definition) is 10. The maximum absolute atomic E-state index is 15.1. The first-order valence-corrected chi connectivity index (χ1v) is 11.0. The zero-order valence-electron chi connectivity index (χ0n) is 18.6. The van der Waals surface area contributed by atoms with E-state index in [2.05, 4.69) is 20.2 Å². The second-order valence-corrected chi connectivity index (χ2v) is 7.97. The molecule has 2 saturated heterocycles. The van der Waals surface area contributed by atoms with Gasteiger partial charge in [0.05, 0.1) is 24.1 Å². The second-order valence-electron chi connectivity index (χ2n) is 7.97. The number of ether oxygens (including phenoxy) is 2. The van der Waals surface area contributed by atoms with Crippen LogP contribution in [0.5, 0.6) is 5.88 Å². The molecular formula is C23H21FN8O3. The summed E-state index contributed by atoms with van der Waals surface area (Å²) in [4.78, 5) is 25.7. The number of amides is 1. The minimum absolute atomic E-state index is 0.120. The van der Waals surface area contributed by atoms with E-state index in [1.165, 1.54) is 29.6 Å². The molecule has 1 aromatic carbocycles. The van der Waals surface area contributed by atoms with Crippen LogP contribution in [0.15, 0.2) is 48.9 Å². The van der Waals surface area contributed by atoms with Crippen LogP contribution in [0.1, 0.15) is 5.69 Å². The SMILES string of the molecule is N#Cc1ccc(N2CCN(c3ccc(N4C[C@H](COc5cnccn5)OC4=O)cc3F)CC2)nn1.